The van der Waals surface area contributed by atoms with E-state index < -0.39 is 30.3 Å². The van der Waals surface area contributed by atoms with Crippen molar-refractivity contribution in [3.05, 3.63) is 122 Å². The number of rotatable bonds is 57. The third-order valence-electron chi connectivity index (χ3n) is 13.2. The molecule has 2 unspecified atom stereocenters. The molecule has 0 heterocycles. The molecule has 450 valence electrons. The van der Waals surface area contributed by atoms with E-state index in [2.05, 4.69) is 117 Å². The Morgan fingerprint density at radius 2 is 0.722 bits per heavy atom. The summed E-state index contributed by atoms with van der Waals surface area (Å²) in [6.45, 7) is 4.40. The highest BCUT2D eigenvalue weighted by Crippen LogP contribution is 2.17. The Labute approximate surface area is 485 Å². The van der Waals surface area contributed by atoms with E-state index in [1.54, 1.807) is 6.08 Å². The van der Waals surface area contributed by atoms with Gasteiger partial charge in [-0.3, -0.25) is 9.59 Å². The van der Waals surface area contributed by atoms with E-state index in [-0.39, 0.29) is 32.7 Å². The van der Waals surface area contributed by atoms with Crippen molar-refractivity contribution in [1.82, 2.24) is 0 Å². The maximum Gasteiger partial charge on any atom is 0.309 e. The lowest BCUT2D eigenvalue weighted by Crippen LogP contribution is -2.44. The minimum Gasteiger partial charge on any atom is -0.545 e. The van der Waals surface area contributed by atoms with Crippen LogP contribution in [0.5, 0.6) is 0 Å². The van der Waals surface area contributed by atoms with Crippen LogP contribution in [0.4, 0.5) is 0 Å². The summed E-state index contributed by atoms with van der Waals surface area (Å²) >= 11 is 0. The van der Waals surface area contributed by atoms with Crippen LogP contribution < -0.4 is 5.11 Å². The van der Waals surface area contributed by atoms with Crippen molar-refractivity contribution < 1.29 is 42.9 Å². The lowest BCUT2D eigenvalue weighted by molar-refractivity contribution is -0.870. The van der Waals surface area contributed by atoms with Gasteiger partial charge in [-0.15, -0.1) is 0 Å². The Morgan fingerprint density at radius 1 is 0.392 bits per heavy atom. The number of nitrogens with zero attached hydrogens (tertiary/aromatic N) is 1. The molecule has 0 bridgehead atoms. The lowest BCUT2D eigenvalue weighted by Gasteiger charge is -2.26. The largest absolute Gasteiger partial charge is 0.545 e. The quantitative estimate of drug-likeness (QED) is 0.0195. The summed E-state index contributed by atoms with van der Waals surface area (Å²) in [6.07, 6.45) is 81.8. The average Bonchev–Trinajstić information content (AvgIpc) is 3.42. The van der Waals surface area contributed by atoms with Gasteiger partial charge < -0.3 is 33.3 Å². The zero-order chi connectivity index (χ0) is 57.6. The van der Waals surface area contributed by atoms with Gasteiger partial charge in [0, 0.05) is 6.42 Å². The molecule has 0 aliphatic heterocycles. The molecule has 0 aromatic rings. The molecule has 0 aliphatic rings. The third-order valence-corrected chi connectivity index (χ3v) is 13.2. The van der Waals surface area contributed by atoms with Crippen LogP contribution >= 0.6 is 0 Å². The average molecular weight is 1100 g/mol. The fraction of sp³-hybridized carbons (Fsp3) is 0.671. The van der Waals surface area contributed by atoms with Crippen LogP contribution in [0.25, 0.3) is 0 Å². The zero-order valence-electron chi connectivity index (χ0n) is 51.2. The van der Waals surface area contributed by atoms with E-state index in [0.717, 1.165) is 77.0 Å². The van der Waals surface area contributed by atoms with Crippen LogP contribution in [0.1, 0.15) is 245 Å². The number of hydrogen-bond donors (Lipinski definition) is 0. The smallest absolute Gasteiger partial charge is 0.309 e. The molecule has 9 heteroatoms. The molecule has 0 saturated carbocycles. The van der Waals surface area contributed by atoms with Crippen LogP contribution in [0, 0.1) is 0 Å². The predicted molar refractivity (Wildman–Crippen MR) is 333 cm³/mol. The van der Waals surface area contributed by atoms with Crippen molar-refractivity contribution in [3.63, 3.8) is 0 Å². The van der Waals surface area contributed by atoms with Gasteiger partial charge in [-0.2, -0.15) is 0 Å². The van der Waals surface area contributed by atoms with E-state index >= 15 is 0 Å². The molecule has 0 N–H and O–H groups in total. The number of ether oxygens (including phenoxy) is 4. The van der Waals surface area contributed by atoms with Crippen LogP contribution in [-0.4, -0.2) is 82.3 Å². The molecule has 0 rings (SSSR count). The van der Waals surface area contributed by atoms with Crippen LogP contribution in [0.3, 0.4) is 0 Å². The van der Waals surface area contributed by atoms with Gasteiger partial charge in [0.25, 0.3) is 0 Å². The molecule has 0 aliphatic carbocycles. The highest BCUT2D eigenvalue weighted by molar-refractivity contribution is 5.71. The first-order chi connectivity index (χ1) is 38.6. The summed E-state index contributed by atoms with van der Waals surface area (Å²) in [5, 5.41) is 11.8. The number of allylic oxidation sites excluding steroid dienone is 19. The first-order valence-corrected chi connectivity index (χ1v) is 31.7. The molecule has 2 atom stereocenters. The van der Waals surface area contributed by atoms with Crippen molar-refractivity contribution in [2.24, 2.45) is 0 Å². The maximum absolute atomic E-state index is 12.9. The van der Waals surface area contributed by atoms with Crippen molar-refractivity contribution in [1.29, 1.82) is 0 Å². The van der Waals surface area contributed by atoms with E-state index in [4.69, 9.17) is 18.9 Å². The Morgan fingerprint density at radius 3 is 1.08 bits per heavy atom. The molecule has 9 nitrogen and oxygen atoms in total. The molecular formula is C70H117NO8. The molecule has 0 aromatic carbocycles. The first kappa shape index (κ1) is 74.7. The monoisotopic (exact) mass is 1100 g/mol. The minimum atomic E-state index is -1.64. The topological polar surface area (TPSA) is 111 Å². The van der Waals surface area contributed by atoms with E-state index in [1.807, 2.05) is 33.3 Å². The number of carbonyl (C=O) groups excluding carboxylic acids is 3. The summed E-state index contributed by atoms with van der Waals surface area (Å²) in [4.78, 5) is 37.2. The highest BCUT2D eigenvalue weighted by Gasteiger charge is 2.21. The maximum atomic E-state index is 12.9. The Kier molecular flexibility index (Phi) is 56.5. The molecule has 79 heavy (non-hydrogen) atoms. The van der Waals surface area contributed by atoms with Crippen molar-refractivity contribution >= 4 is 17.9 Å². The van der Waals surface area contributed by atoms with Crippen LogP contribution in [0.2, 0.25) is 0 Å². The van der Waals surface area contributed by atoms with Gasteiger partial charge in [0.1, 0.15) is 13.2 Å². The third kappa shape index (κ3) is 61.2. The summed E-state index contributed by atoms with van der Waals surface area (Å²) in [5.74, 6) is -2.45. The van der Waals surface area contributed by atoms with E-state index in [9.17, 15) is 19.5 Å². The highest BCUT2D eigenvalue weighted by atomic mass is 16.7. The Hall–Kier alpha value is -4.31. The molecular weight excluding hydrogens is 983 g/mol. The summed E-state index contributed by atoms with van der Waals surface area (Å²) < 4.78 is 22.6. The lowest BCUT2D eigenvalue weighted by atomic mass is 10.0. The SMILES string of the molecule is CC/C=C\C/C=C\C/C=C\C/C=C\C/C=C\CCCCCCCCCCCCCCCCCCCCCCCCCC(=O)OC(COC(=O)C/C=C\C/C=C\C/C=C\C/C=C\C/C=C\CC)COC(OCC[N+](C)(C)C)C(=O)[O-]. The number of aliphatic carboxylic acids is 1. The predicted octanol–water partition coefficient (Wildman–Crippen LogP) is 17.9. The second-order valence-electron chi connectivity index (χ2n) is 22.0. The normalized spacial score (nSPS) is 13.6. The van der Waals surface area contributed by atoms with Gasteiger partial charge in [0.15, 0.2) is 12.4 Å². The molecule has 0 spiro atoms. The zero-order valence-corrected chi connectivity index (χ0v) is 51.2. The molecule has 0 aromatic heterocycles. The summed E-state index contributed by atoms with van der Waals surface area (Å²) in [6, 6.07) is 0. The molecule has 0 fully saturated rings. The molecule has 0 radical (unpaired) electrons. The van der Waals surface area contributed by atoms with Crippen molar-refractivity contribution in [2.45, 2.75) is 257 Å². The minimum absolute atomic E-state index is 0.0569. The number of carboxylic acids is 1. The first-order valence-electron chi connectivity index (χ1n) is 31.7. The standard InChI is InChI=1S/C70H117NO8/c1-6-8-10-12-14-16-18-20-22-23-24-25-26-27-28-29-30-31-32-33-34-35-36-37-38-39-40-41-42-43-44-45-47-49-51-53-55-57-59-61-68(73)79-66(65-78-70(69(74)75)76-63-62-71(3,4)5)64-77-67(72)60-58-56-54-52-50-48-46-21-19-17-15-13-11-9-7-2/h8-11,14-17,20-22,24-25,27-28,46,50,52,56,58,66,70H,6-7,12-13,18-19,23,26,29-45,47-49,51,53-55,57,59-65H2,1-5H3/b10-8-,11-9-,16-14-,17-15-,22-20-,25-24-,28-27-,46-21-,52-50-,58-56-. The number of hydrogen-bond acceptors (Lipinski definition) is 8. The second kappa shape index (κ2) is 59.8. The number of carbonyl (C=O) groups is 3. The van der Waals surface area contributed by atoms with Crippen LogP contribution in [-0.2, 0) is 33.3 Å². The van der Waals surface area contributed by atoms with Gasteiger partial charge in [0.05, 0.1) is 46.7 Å². The Balaban J connectivity index is 4.05. The summed E-state index contributed by atoms with van der Waals surface area (Å²) in [7, 11) is 5.89. The Bertz CT molecular complexity index is 1710. The van der Waals surface area contributed by atoms with Gasteiger partial charge in [-0.1, -0.05) is 270 Å². The fourth-order valence-electron chi connectivity index (χ4n) is 8.46. The van der Waals surface area contributed by atoms with Gasteiger partial charge in [-0.05, 0) is 83.5 Å². The van der Waals surface area contributed by atoms with Crippen molar-refractivity contribution in [2.75, 3.05) is 47.5 Å². The van der Waals surface area contributed by atoms with Gasteiger partial charge >= 0.3 is 11.9 Å². The molecule has 0 saturated heterocycles. The number of carboxylic acid groups (broad SMARTS) is 1. The van der Waals surface area contributed by atoms with E-state index in [1.165, 1.54) is 128 Å². The van der Waals surface area contributed by atoms with Crippen molar-refractivity contribution in [3.8, 4) is 0 Å². The van der Waals surface area contributed by atoms with Crippen LogP contribution in [0.15, 0.2) is 122 Å². The van der Waals surface area contributed by atoms with Gasteiger partial charge in [-0.25, -0.2) is 0 Å². The summed E-state index contributed by atoms with van der Waals surface area (Å²) in [5.41, 5.74) is 0. The second-order valence-corrected chi connectivity index (χ2v) is 22.0. The van der Waals surface area contributed by atoms with Gasteiger partial charge in [0.2, 0.25) is 0 Å². The van der Waals surface area contributed by atoms with E-state index in [0.29, 0.717) is 23.9 Å². The number of esters is 2. The number of quaternary nitrogens is 1. The number of unbranched alkanes of at least 4 members (excludes halogenated alkanes) is 23. The fourth-order valence-corrected chi connectivity index (χ4v) is 8.46. The number of likely N-dealkylation sites (N-methyl/N-ethyl adjacent to an activating group) is 1. The molecule has 0 amide bonds.